The largest absolute Gasteiger partial charge is 0.508 e. The SMILES string of the molecule is NC(=O)/C=C(\N)c1c(-c2cc(O)cc(Cl)c2)[nH]cnc1=S. The lowest BCUT2D eigenvalue weighted by Crippen LogP contribution is -2.11. The molecule has 0 saturated carbocycles. The van der Waals surface area contributed by atoms with E-state index in [2.05, 4.69) is 9.97 Å². The molecule has 108 valence electrons. The third-order valence-electron chi connectivity index (χ3n) is 2.61. The maximum Gasteiger partial charge on any atom is 0.243 e. The molecule has 0 aliphatic rings. The predicted molar refractivity (Wildman–Crippen MR) is 82.9 cm³/mol. The first-order valence-electron chi connectivity index (χ1n) is 5.73. The van der Waals surface area contributed by atoms with Crippen molar-refractivity contribution in [3.63, 3.8) is 0 Å². The summed E-state index contributed by atoms with van der Waals surface area (Å²) in [4.78, 5) is 17.8. The molecule has 1 heterocycles. The van der Waals surface area contributed by atoms with Crippen LogP contribution in [0.2, 0.25) is 5.02 Å². The van der Waals surface area contributed by atoms with Gasteiger partial charge in [0.15, 0.2) is 0 Å². The number of nitrogens with two attached hydrogens (primary N) is 2. The summed E-state index contributed by atoms with van der Waals surface area (Å²) in [5, 5.41) is 9.98. The fourth-order valence-electron chi connectivity index (χ4n) is 1.84. The van der Waals surface area contributed by atoms with Crippen LogP contribution < -0.4 is 11.5 Å². The van der Waals surface area contributed by atoms with Crippen molar-refractivity contribution in [2.75, 3.05) is 0 Å². The quantitative estimate of drug-likeness (QED) is 0.509. The van der Waals surface area contributed by atoms with E-state index in [1.807, 2.05) is 0 Å². The van der Waals surface area contributed by atoms with Crippen molar-refractivity contribution in [2.24, 2.45) is 11.5 Å². The monoisotopic (exact) mass is 322 g/mol. The number of aromatic hydroxyl groups is 1. The van der Waals surface area contributed by atoms with Crippen molar-refractivity contribution in [2.45, 2.75) is 0 Å². The van der Waals surface area contributed by atoms with Gasteiger partial charge in [-0.05, 0) is 18.2 Å². The number of phenolic OH excluding ortho intramolecular Hbond substituents is 1. The second-order valence-electron chi connectivity index (χ2n) is 4.16. The highest BCUT2D eigenvalue weighted by Crippen LogP contribution is 2.30. The van der Waals surface area contributed by atoms with Crippen LogP contribution >= 0.6 is 23.8 Å². The summed E-state index contributed by atoms with van der Waals surface area (Å²) >= 11 is 11.1. The number of primary amides is 1. The number of amides is 1. The number of halogens is 1. The van der Waals surface area contributed by atoms with Crippen molar-refractivity contribution in [3.8, 4) is 17.0 Å². The molecule has 0 spiro atoms. The Kier molecular flexibility index (Phi) is 4.25. The lowest BCUT2D eigenvalue weighted by molar-refractivity contribution is -0.113. The molecule has 1 amide bonds. The first-order chi connectivity index (χ1) is 9.88. The Labute approximate surface area is 130 Å². The number of phenols is 1. The summed E-state index contributed by atoms with van der Waals surface area (Å²) in [5.41, 5.74) is 12.4. The van der Waals surface area contributed by atoms with Crippen LogP contribution in [0.3, 0.4) is 0 Å². The van der Waals surface area contributed by atoms with Gasteiger partial charge in [0.1, 0.15) is 10.4 Å². The van der Waals surface area contributed by atoms with Crippen LogP contribution in [0.4, 0.5) is 0 Å². The highest BCUT2D eigenvalue weighted by atomic mass is 35.5. The standard InChI is InChI=1S/C13H11ClN4O2S/c14-7-1-6(2-8(19)3-7)12-11(9(15)4-10(16)20)13(21)18-5-17-12/h1-5,19H,15H2,(H2,16,20)(H,17,18,21)/b9-4-. The number of nitrogens with zero attached hydrogens (tertiary/aromatic N) is 1. The molecule has 8 heteroatoms. The first kappa shape index (κ1) is 15.0. The van der Waals surface area contributed by atoms with Gasteiger partial charge in [-0.2, -0.15) is 0 Å². The van der Waals surface area contributed by atoms with Crippen LogP contribution in [-0.2, 0) is 4.79 Å². The number of carbonyl (C=O) groups excluding carboxylic acids is 1. The first-order valence-corrected chi connectivity index (χ1v) is 6.51. The normalized spacial score (nSPS) is 11.4. The smallest absolute Gasteiger partial charge is 0.243 e. The molecule has 6 N–H and O–H groups in total. The average molecular weight is 323 g/mol. The van der Waals surface area contributed by atoms with Gasteiger partial charge in [0.05, 0.1) is 17.6 Å². The molecular formula is C13H11ClN4O2S. The Balaban J connectivity index is 2.73. The van der Waals surface area contributed by atoms with Gasteiger partial charge in [-0.25, -0.2) is 4.98 Å². The molecule has 0 aliphatic heterocycles. The van der Waals surface area contributed by atoms with E-state index in [1.54, 1.807) is 6.07 Å². The molecule has 1 aromatic heterocycles. The molecule has 0 fully saturated rings. The number of aromatic amines is 1. The number of carbonyl (C=O) groups is 1. The van der Waals surface area contributed by atoms with Gasteiger partial charge in [-0.3, -0.25) is 4.79 Å². The van der Waals surface area contributed by atoms with Crippen LogP contribution in [-0.4, -0.2) is 21.0 Å². The number of rotatable bonds is 3. The van der Waals surface area contributed by atoms with Gasteiger partial charge in [0.2, 0.25) is 5.91 Å². The van der Waals surface area contributed by atoms with E-state index in [0.29, 0.717) is 21.8 Å². The van der Waals surface area contributed by atoms with E-state index >= 15 is 0 Å². The molecule has 0 atom stereocenters. The van der Waals surface area contributed by atoms with E-state index in [1.165, 1.54) is 18.5 Å². The van der Waals surface area contributed by atoms with Gasteiger partial charge in [0.25, 0.3) is 0 Å². The number of aromatic nitrogens is 2. The molecule has 0 unspecified atom stereocenters. The Morgan fingerprint density at radius 2 is 2.10 bits per heavy atom. The van der Waals surface area contributed by atoms with Crippen LogP contribution in [0.1, 0.15) is 5.56 Å². The van der Waals surface area contributed by atoms with Gasteiger partial charge < -0.3 is 21.6 Å². The number of H-pyrrole nitrogens is 1. The molecule has 21 heavy (non-hydrogen) atoms. The van der Waals surface area contributed by atoms with Gasteiger partial charge in [-0.1, -0.05) is 23.8 Å². The zero-order valence-corrected chi connectivity index (χ0v) is 12.2. The fraction of sp³-hybridized carbons (Fsp3) is 0. The average Bonchev–Trinajstić information content (AvgIpc) is 2.36. The summed E-state index contributed by atoms with van der Waals surface area (Å²) in [6, 6.07) is 4.49. The molecular weight excluding hydrogens is 312 g/mol. The Morgan fingerprint density at radius 1 is 1.38 bits per heavy atom. The van der Waals surface area contributed by atoms with Gasteiger partial charge >= 0.3 is 0 Å². The summed E-state index contributed by atoms with van der Waals surface area (Å²) in [6.45, 7) is 0. The van der Waals surface area contributed by atoms with Crippen LogP contribution in [0.5, 0.6) is 5.75 Å². The van der Waals surface area contributed by atoms with E-state index in [-0.39, 0.29) is 16.1 Å². The fourth-order valence-corrected chi connectivity index (χ4v) is 2.34. The van der Waals surface area contributed by atoms with Crippen LogP contribution in [0, 0.1) is 4.64 Å². The van der Waals surface area contributed by atoms with E-state index in [0.717, 1.165) is 6.08 Å². The van der Waals surface area contributed by atoms with E-state index < -0.39 is 5.91 Å². The number of hydrogen-bond donors (Lipinski definition) is 4. The van der Waals surface area contributed by atoms with Crippen molar-refractivity contribution in [1.82, 2.24) is 9.97 Å². The van der Waals surface area contributed by atoms with Gasteiger partial charge in [0, 0.05) is 22.4 Å². The minimum atomic E-state index is -0.703. The maximum absolute atomic E-state index is 11.0. The highest BCUT2D eigenvalue weighted by molar-refractivity contribution is 7.71. The molecule has 0 bridgehead atoms. The highest BCUT2D eigenvalue weighted by Gasteiger charge is 2.13. The van der Waals surface area contributed by atoms with Crippen molar-refractivity contribution >= 4 is 35.4 Å². The third-order valence-corrected chi connectivity index (χ3v) is 3.14. The topological polar surface area (TPSA) is 118 Å². The Hall–Kier alpha value is -2.38. The van der Waals surface area contributed by atoms with E-state index in [9.17, 15) is 9.90 Å². The lowest BCUT2D eigenvalue weighted by atomic mass is 10.0. The predicted octanol–water partition coefficient (Wildman–Crippen LogP) is 1.95. The minimum Gasteiger partial charge on any atom is -0.508 e. The van der Waals surface area contributed by atoms with Gasteiger partial charge in [-0.15, -0.1) is 0 Å². The van der Waals surface area contributed by atoms with Crippen molar-refractivity contribution < 1.29 is 9.90 Å². The zero-order valence-electron chi connectivity index (χ0n) is 10.6. The Morgan fingerprint density at radius 3 is 2.71 bits per heavy atom. The van der Waals surface area contributed by atoms with E-state index in [4.69, 9.17) is 35.3 Å². The summed E-state index contributed by atoms with van der Waals surface area (Å²) in [7, 11) is 0. The number of hydrogen-bond acceptors (Lipinski definition) is 5. The zero-order chi connectivity index (χ0) is 15.6. The Bertz CT molecular complexity index is 781. The molecule has 0 saturated heterocycles. The summed E-state index contributed by atoms with van der Waals surface area (Å²) in [6.07, 6.45) is 2.44. The maximum atomic E-state index is 11.0. The molecule has 0 aliphatic carbocycles. The molecule has 2 rings (SSSR count). The second kappa shape index (κ2) is 5.94. The lowest BCUT2D eigenvalue weighted by Gasteiger charge is -2.10. The summed E-state index contributed by atoms with van der Waals surface area (Å²) < 4.78 is 0.193. The molecule has 6 nitrogen and oxygen atoms in total. The van der Waals surface area contributed by atoms with Crippen molar-refractivity contribution in [1.29, 1.82) is 0 Å². The molecule has 0 radical (unpaired) electrons. The minimum absolute atomic E-state index is 0.0166. The van der Waals surface area contributed by atoms with Crippen LogP contribution in [0.25, 0.3) is 17.0 Å². The van der Waals surface area contributed by atoms with Crippen molar-refractivity contribution in [3.05, 3.63) is 45.8 Å². The third kappa shape index (κ3) is 3.39. The van der Waals surface area contributed by atoms with Crippen LogP contribution in [0.15, 0.2) is 30.6 Å². The molecule has 2 aromatic rings. The summed E-state index contributed by atoms with van der Waals surface area (Å²) in [5.74, 6) is -0.720. The molecule has 1 aromatic carbocycles. The number of benzene rings is 1. The number of nitrogens with one attached hydrogen (secondary N) is 1. The second-order valence-corrected chi connectivity index (χ2v) is 4.98.